The van der Waals surface area contributed by atoms with Crippen molar-refractivity contribution in [3.8, 4) is 17.0 Å². The minimum Gasteiger partial charge on any atom is -0.496 e. The Bertz CT molecular complexity index is 647. The molecule has 0 bridgehead atoms. The molecule has 0 saturated heterocycles. The van der Waals surface area contributed by atoms with E-state index in [2.05, 4.69) is 9.97 Å². The van der Waals surface area contributed by atoms with Crippen LogP contribution in [0.2, 0.25) is 0 Å². The monoisotopic (exact) mass is 245 g/mol. The lowest BCUT2D eigenvalue weighted by Gasteiger charge is -2.11. The zero-order valence-corrected chi connectivity index (χ0v) is 10.6. The SMILES string of the molecule is COc1cc(C)c(-c2cc(N)nc(=O)[nH]2)cc1C. The average molecular weight is 245 g/mol. The molecule has 2 aromatic rings. The molecule has 0 atom stereocenters. The van der Waals surface area contributed by atoms with Gasteiger partial charge in [-0.15, -0.1) is 0 Å². The Morgan fingerprint density at radius 1 is 1.22 bits per heavy atom. The third-order valence-electron chi connectivity index (χ3n) is 2.80. The molecule has 18 heavy (non-hydrogen) atoms. The van der Waals surface area contributed by atoms with Crippen LogP contribution < -0.4 is 16.2 Å². The van der Waals surface area contributed by atoms with E-state index in [1.165, 1.54) is 0 Å². The maximum atomic E-state index is 11.3. The fraction of sp³-hybridized carbons (Fsp3) is 0.231. The van der Waals surface area contributed by atoms with Crippen LogP contribution in [0, 0.1) is 13.8 Å². The van der Waals surface area contributed by atoms with Gasteiger partial charge in [-0.1, -0.05) is 0 Å². The summed E-state index contributed by atoms with van der Waals surface area (Å²) >= 11 is 0. The van der Waals surface area contributed by atoms with Gasteiger partial charge in [0.25, 0.3) is 0 Å². The quantitative estimate of drug-likeness (QED) is 0.842. The molecule has 5 nitrogen and oxygen atoms in total. The number of anilines is 1. The summed E-state index contributed by atoms with van der Waals surface area (Å²) in [6.07, 6.45) is 0. The average Bonchev–Trinajstić information content (AvgIpc) is 2.30. The number of aromatic amines is 1. The predicted octanol–water partition coefficient (Wildman–Crippen LogP) is 1.64. The number of H-pyrrole nitrogens is 1. The van der Waals surface area contributed by atoms with Crippen LogP contribution in [0.15, 0.2) is 23.0 Å². The van der Waals surface area contributed by atoms with Crippen molar-refractivity contribution in [2.45, 2.75) is 13.8 Å². The van der Waals surface area contributed by atoms with Crippen molar-refractivity contribution < 1.29 is 4.74 Å². The summed E-state index contributed by atoms with van der Waals surface area (Å²) in [6.45, 7) is 3.90. The maximum Gasteiger partial charge on any atom is 0.347 e. The Kier molecular flexibility index (Phi) is 3.06. The molecular weight excluding hydrogens is 230 g/mol. The van der Waals surface area contributed by atoms with Crippen molar-refractivity contribution in [3.05, 3.63) is 39.8 Å². The van der Waals surface area contributed by atoms with Crippen molar-refractivity contribution in [3.63, 3.8) is 0 Å². The molecule has 2 rings (SSSR count). The predicted molar refractivity (Wildman–Crippen MR) is 70.7 cm³/mol. The summed E-state index contributed by atoms with van der Waals surface area (Å²) in [5.41, 5.74) is 8.71. The molecular formula is C13H15N3O2. The fourth-order valence-corrected chi connectivity index (χ4v) is 1.92. The second kappa shape index (κ2) is 4.52. The number of aryl methyl sites for hydroxylation is 2. The first-order valence-electron chi connectivity index (χ1n) is 5.53. The molecule has 5 heteroatoms. The molecule has 0 aliphatic rings. The number of ether oxygens (including phenoxy) is 1. The van der Waals surface area contributed by atoms with Crippen LogP contribution in [-0.4, -0.2) is 17.1 Å². The molecule has 0 saturated carbocycles. The smallest absolute Gasteiger partial charge is 0.347 e. The third kappa shape index (κ3) is 2.20. The van der Waals surface area contributed by atoms with Gasteiger partial charge >= 0.3 is 5.69 Å². The van der Waals surface area contributed by atoms with E-state index in [0.717, 1.165) is 22.4 Å². The van der Waals surface area contributed by atoms with Crippen LogP contribution in [-0.2, 0) is 0 Å². The molecule has 0 radical (unpaired) electrons. The molecule has 0 spiro atoms. The zero-order valence-electron chi connectivity index (χ0n) is 10.6. The number of hydrogen-bond acceptors (Lipinski definition) is 4. The lowest BCUT2D eigenvalue weighted by atomic mass is 10.0. The molecule has 1 aromatic carbocycles. The second-order valence-electron chi connectivity index (χ2n) is 4.16. The van der Waals surface area contributed by atoms with Crippen LogP contribution in [0.1, 0.15) is 11.1 Å². The number of nitrogen functional groups attached to an aromatic ring is 1. The Balaban J connectivity index is 2.64. The van der Waals surface area contributed by atoms with Gasteiger partial charge in [-0.3, -0.25) is 0 Å². The Morgan fingerprint density at radius 3 is 2.56 bits per heavy atom. The van der Waals surface area contributed by atoms with Crippen LogP contribution in [0.25, 0.3) is 11.3 Å². The van der Waals surface area contributed by atoms with Crippen molar-refractivity contribution in [2.75, 3.05) is 12.8 Å². The minimum absolute atomic E-state index is 0.210. The summed E-state index contributed by atoms with van der Waals surface area (Å²) in [5, 5.41) is 0. The van der Waals surface area contributed by atoms with Crippen molar-refractivity contribution >= 4 is 5.82 Å². The highest BCUT2D eigenvalue weighted by Gasteiger charge is 2.08. The number of methoxy groups -OCH3 is 1. The number of benzene rings is 1. The van der Waals surface area contributed by atoms with Gasteiger partial charge in [-0.05, 0) is 37.1 Å². The highest BCUT2D eigenvalue weighted by molar-refractivity contribution is 5.67. The summed E-state index contributed by atoms with van der Waals surface area (Å²) in [5.74, 6) is 1.03. The molecule has 3 N–H and O–H groups in total. The lowest BCUT2D eigenvalue weighted by molar-refractivity contribution is 0.411. The molecule has 94 valence electrons. The fourth-order valence-electron chi connectivity index (χ4n) is 1.92. The van der Waals surface area contributed by atoms with Crippen LogP contribution in [0.5, 0.6) is 5.75 Å². The van der Waals surface area contributed by atoms with Gasteiger partial charge in [0.1, 0.15) is 11.6 Å². The van der Waals surface area contributed by atoms with Crippen LogP contribution >= 0.6 is 0 Å². The van der Waals surface area contributed by atoms with E-state index < -0.39 is 5.69 Å². The molecule has 1 heterocycles. The van der Waals surface area contributed by atoms with Crippen LogP contribution in [0.4, 0.5) is 5.82 Å². The number of aromatic nitrogens is 2. The molecule has 0 fully saturated rings. The maximum absolute atomic E-state index is 11.3. The van der Waals surface area contributed by atoms with E-state index in [9.17, 15) is 4.79 Å². The molecule has 0 aliphatic heterocycles. The third-order valence-corrected chi connectivity index (χ3v) is 2.80. The topological polar surface area (TPSA) is 81.0 Å². The summed E-state index contributed by atoms with van der Waals surface area (Å²) in [4.78, 5) is 17.6. The molecule has 1 aromatic heterocycles. The Hall–Kier alpha value is -2.30. The van der Waals surface area contributed by atoms with E-state index in [-0.39, 0.29) is 5.82 Å². The van der Waals surface area contributed by atoms with Gasteiger partial charge in [-0.2, -0.15) is 4.98 Å². The lowest BCUT2D eigenvalue weighted by Crippen LogP contribution is -2.13. The van der Waals surface area contributed by atoms with E-state index in [1.54, 1.807) is 13.2 Å². The van der Waals surface area contributed by atoms with E-state index in [0.29, 0.717) is 5.69 Å². The first-order chi connectivity index (χ1) is 8.51. The highest BCUT2D eigenvalue weighted by atomic mass is 16.5. The van der Waals surface area contributed by atoms with Crippen molar-refractivity contribution in [2.24, 2.45) is 0 Å². The van der Waals surface area contributed by atoms with Gasteiger partial charge in [0, 0.05) is 11.6 Å². The minimum atomic E-state index is -0.446. The van der Waals surface area contributed by atoms with Crippen LogP contribution in [0.3, 0.4) is 0 Å². The normalized spacial score (nSPS) is 10.4. The molecule has 0 amide bonds. The van der Waals surface area contributed by atoms with Gasteiger partial charge in [0.05, 0.1) is 12.8 Å². The zero-order chi connectivity index (χ0) is 13.3. The number of nitrogens with one attached hydrogen (secondary N) is 1. The number of nitrogens with zero attached hydrogens (tertiary/aromatic N) is 1. The van der Waals surface area contributed by atoms with Crippen molar-refractivity contribution in [1.29, 1.82) is 0 Å². The van der Waals surface area contributed by atoms with Gasteiger partial charge in [0.15, 0.2) is 0 Å². The van der Waals surface area contributed by atoms with Gasteiger partial charge in [-0.25, -0.2) is 4.79 Å². The van der Waals surface area contributed by atoms with Gasteiger partial charge in [0.2, 0.25) is 0 Å². The second-order valence-corrected chi connectivity index (χ2v) is 4.16. The molecule has 0 unspecified atom stereocenters. The standard InChI is InChI=1S/C13H15N3O2/c1-7-5-11(18-3)8(2)4-9(7)10-6-12(14)16-13(17)15-10/h4-6H,1-3H3,(H3,14,15,16,17). The summed E-state index contributed by atoms with van der Waals surface area (Å²) in [7, 11) is 1.63. The van der Waals surface area contributed by atoms with E-state index in [1.807, 2.05) is 26.0 Å². The first-order valence-corrected chi connectivity index (χ1v) is 5.53. The Morgan fingerprint density at radius 2 is 1.94 bits per heavy atom. The number of rotatable bonds is 2. The van der Waals surface area contributed by atoms with E-state index in [4.69, 9.17) is 10.5 Å². The number of nitrogens with two attached hydrogens (primary N) is 1. The number of hydrogen-bond donors (Lipinski definition) is 2. The molecule has 0 aliphatic carbocycles. The first kappa shape index (κ1) is 12.2. The summed E-state index contributed by atoms with van der Waals surface area (Å²) in [6, 6.07) is 5.54. The van der Waals surface area contributed by atoms with Gasteiger partial charge < -0.3 is 15.5 Å². The Labute approximate surface area is 105 Å². The van der Waals surface area contributed by atoms with E-state index >= 15 is 0 Å². The highest BCUT2D eigenvalue weighted by Crippen LogP contribution is 2.28. The van der Waals surface area contributed by atoms with Crippen molar-refractivity contribution in [1.82, 2.24) is 9.97 Å². The summed E-state index contributed by atoms with van der Waals surface area (Å²) < 4.78 is 5.26. The largest absolute Gasteiger partial charge is 0.496 e.